The predicted molar refractivity (Wildman–Crippen MR) is 97.0 cm³/mol. The molecule has 0 bridgehead atoms. The van der Waals surface area contributed by atoms with Gasteiger partial charge in [0, 0.05) is 32.9 Å². The highest BCUT2D eigenvalue weighted by atomic mass is 16.4. The van der Waals surface area contributed by atoms with E-state index in [9.17, 15) is 15.0 Å². The van der Waals surface area contributed by atoms with Gasteiger partial charge < -0.3 is 10.2 Å². The first-order valence-corrected chi connectivity index (χ1v) is 8.79. The van der Waals surface area contributed by atoms with Crippen molar-refractivity contribution in [1.82, 2.24) is 24.5 Å². The number of carbonyl (C=O) groups is 1. The maximum absolute atomic E-state index is 11.4. The quantitative estimate of drug-likeness (QED) is 0.708. The molecule has 0 amide bonds. The zero-order valence-corrected chi connectivity index (χ0v) is 15.0. The lowest BCUT2D eigenvalue weighted by atomic mass is 10.1. The molecule has 4 rings (SSSR count). The summed E-state index contributed by atoms with van der Waals surface area (Å²) in [7, 11) is 1.79. The number of hydrogen-bond donors (Lipinski definition) is 2. The molecule has 1 atom stereocenters. The van der Waals surface area contributed by atoms with Crippen molar-refractivity contribution >= 4 is 5.97 Å². The first-order valence-electron chi connectivity index (χ1n) is 8.79. The number of rotatable bonds is 5. The first kappa shape index (κ1) is 17.4. The van der Waals surface area contributed by atoms with E-state index in [4.69, 9.17) is 0 Å². The van der Waals surface area contributed by atoms with Crippen LogP contribution in [0.4, 0.5) is 0 Å². The highest BCUT2D eigenvalue weighted by Crippen LogP contribution is 2.24. The molecule has 1 aliphatic heterocycles. The Morgan fingerprint density at radius 1 is 1.26 bits per heavy atom. The highest BCUT2D eigenvalue weighted by molar-refractivity contribution is 5.89. The molecule has 0 aliphatic carbocycles. The number of aromatic nitrogens is 4. The number of hydrogen-bond acceptors (Lipinski definition) is 5. The van der Waals surface area contributed by atoms with Crippen LogP contribution in [0.3, 0.4) is 0 Å². The minimum atomic E-state index is -0.908. The molecule has 0 spiro atoms. The number of nitrogens with zero attached hydrogens (tertiary/aromatic N) is 5. The Labute approximate surface area is 156 Å². The third-order valence-corrected chi connectivity index (χ3v) is 4.96. The fourth-order valence-electron chi connectivity index (χ4n) is 3.52. The molecular formula is C19H21N5O3. The molecule has 3 heterocycles. The molecular weight excluding hydrogens is 346 g/mol. The number of fused-ring (bicyclic) bond motifs is 1. The fourth-order valence-corrected chi connectivity index (χ4v) is 3.52. The summed E-state index contributed by atoms with van der Waals surface area (Å²) >= 11 is 0. The molecule has 3 aromatic rings. The summed E-state index contributed by atoms with van der Waals surface area (Å²) in [5, 5.41) is 28.6. The number of aliphatic hydroxyl groups excluding tert-OH is 1. The van der Waals surface area contributed by atoms with Gasteiger partial charge in [-0.05, 0) is 23.8 Å². The average molecular weight is 367 g/mol. The monoisotopic (exact) mass is 367 g/mol. The minimum Gasteiger partial charge on any atom is -0.478 e. The summed E-state index contributed by atoms with van der Waals surface area (Å²) < 4.78 is 3.55. The maximum Gasteiger partial charge on any atom is 0.336 e. The van der Waals surface area contributed by atoms with Crippen LogP contribution in [0.25, 0.3) is 0 Å². The second kappa shape index (κ2) is 6.98. The molecule has 2 aromatic heterocycles. The minimum absolute atomic E-state index is 0.337. The Morgan fingerprint density at radius 3 is 2.81 bits per heavy atom. The molecule has 1 aromatic carbocycles. The van der Waals surface area contributed by atoms with Crippen molar-refractivity contribution in [3.05, 3.63) is 70.8 Å². The van der Waals surface area contributed by atoms with Gasteiger partial charge in [-0.15, -0.1) is 0 Å². The number of benzene rings is 1. The lowest BCUT2D eigenvalue weighted by molar-refractivity contribution is 0.0694. The molecule has 0 saturated carbocycles. The third kappa shape index (κ3) is 3.36. The van der Waals surface area contributed by atoms with E-state index in [1.54, 1.807) is 36.1 Å². The first-order chi connectivity index (χ1) is 13.0. The van der Waals surface area contributed by atoms with E-state index in [2.05, 4.69) is 15.1 Å². The van der Waals surface area contributed by atoms with Gasteiger partial charge in [0.25, 0.3) is 0 Å². The molecule has 2 N–H and O–H groups in total. The van der Waals surface area contributed by atoms with Crippen molar-refractivity contribution in [2.24, 2.45) is 7.05 Å². The van der Waals surface area contributed by atoms with E-state index in [0.717, 1.165) is 17.8 Å². The molecule has 140 valence electrons. The number of aromatic carboxylic acids is 1. The Balaban J connectivity index is 1.52. The Kier molecular flexibility index (Phi) is 4.51. The summed E-state index contributed by atoms with van der Waals surface area (Å²) in [4.78, 5) is 13.6. The van der Waals surface area contributed by atoms with Gasteiger partial charge in [0.2, 0.25) is 0 Å². The van der Waals surface area contributed by atoms with Crippen molar-refractivity contribution in [3.8, 4) is 0 Å². The van der Waals surface area contributed by atoms with Gasteiger partial charge in [0.15, 0.2) is 0 Å². The van der Waals surface area contributed by atoms with Crippen LogP contribution in [0.2, 0.25) is 0 Å². The molecule has 27 heavy (non-hydrogen) atoms. The lowest BCUT2D eigenvalue weighted by Crippen LogP contribution is -2.33. The van der Waals surface area contributed by atoms with Gasteiger partial charge in [-0.2, -0.15) is 10.2 Å². The zero-order chi connectivity index (χ0) is 19.0. The molecule has 8 heteroatoms. The van der Waals surface area contributed by atoms with Gasteiger partial charge >= 0.3 is 5.97 Å². The lowest BCUT2D eigenvalue weighted by Gasteiger charge is -2.27. The van der Waals surface area contributed by atoms with E-state index < -0.39 is 12.1 Å². The van der Waals surface area contributed by atoms with E-state index in [1.807, 2.05) is 22.9 Å². The molecule has 0 fully saturated rings. The Bertz CT molecular complexity index is 977. The summed E-state index contributed by atoms with van der Waals surface area (Å²) in [6.07, 6.45) is 0.827. The van der Waals surface area contributed by atoms with Gasteiger partial charge in [-0.1, -0.05) is 18.2 Å². The zero-order valence-electron chi connectivity index (χ0n) is 15.0. The molecule has 1 aliphatic rings. The van der Waals surface area contributed by atoms with Crippen LogP contribution in [0.1, 0.15) is 39.1 Å². The van der Waals surface area contributed by atoms with Crippen LogP contribution in [0.15, 0.2) is 42.6 Å². The summed E-state index contributed by atoms with van der Waals surface area (Å²) in [6.45, 7) is 2.68. The van der Waals surface area contributed by atoms with Crippen molar-refractivity contribution in [1.29, 1.82) is 0 Å². The van der Waals surface area contributed by atoms with Crippen LogP contribution in [0, 0.1) is 0 Å². The van der Waals surface area contributed by atoms with Crippen LogP contribution in [-0.4, -0.2) is 47.2 Å². The molecule has 0 unspecified atom stereocenters. The Hall–Kier alpha value is -2.97. The van der Waals surface area contributed by atoms with Crippen LogP contribution in [-0.2, 0) is 26.7 Å². The van der Waals surface area contributed by atoms with Crippen LogP contribution in [0.5, 0.6) is 0 Å². The highest BCUT2D eigenvalue weighted by Gasteiger charge is 2.24. The molecule has 0 saturated heterocycles. The van der Waals surface area contributed by atoms with E-state index >= 15 is 0 Å². The van der Waals surface area contributed by atoms with Gasteiger partial charge in [-0.25, -0.2) is 4.79 Å². The predicted octanol–water partition coefficient (Wildman–Crippen LogP) is 1.41. The number of aryl methyl sites for hydroxylation is 1. The van der Waals surface area contributed by atoms with Gasteiger partial charge in [-0.3, -0.25) is 14.3 Å². The van der Waals surface area contributed by atoms with Crippen molar-refractivity contribution in [2.75, 3.05) is 6.54 Å². The SMILES string of the molecule is Cn1nccc1[C@@H](O)c1cc2n(n1)CCN(Cc1ccccc1C(=O)O)C2. The third-order valence-electron chi connectivity index (χ3n) is 4.96. The van der Waals surface area contributed by atoms with Gasteiger partial charge in [0.05, 0.1) is 29.2 Å². The number of carboxylic acids is 1. The topological polar surface area (TPSA) is 96.4 Å². The van der Waals surface area contributed by atoms with E-state index in [-0.39, 0.29) is 0 Å². The number of carboxylic acid groups (broad SMARTS) is 1. The maximum atomic E-state index is 11.4. The normalized spacial score (nSPS) is 15.5. The summed E-state index contributed by atoms with van der Waals surface area (Å²) in [5.74, 6) is -0.908. The van der Waals surface area contributed by atoms with Crippen molar-refractivity contribution in [3.63, 3.8) is 0 Å². The van der Waals surface area contributed by atoms with E-state index in [1.165, 1.54) is 0 Å². The van der Waals surface area contributed by atoms with E-state index in [0.29, 0.717) is 36.6 Å². The standard InChI is InChI=1S/C19H21N5O3/c1-22-17(6-7-20-22)18(25)16-10-14-12-23(8-9-24(14)21-16)11-13-4-2-3-5-15(13)19(26)27/h2-7,10,18,25H,8-9,11-12H2,1H3,(H,26,27)/t18-/m0/s1. The van der Waals surface area contributed by atoms with Crippen LogP contribution >= 0.6 is 0 Å². The molecule has 8 nitrogen and oxygen atoms in total. The smallest absolute Gasteiger partial charge is 0.336 e. The largest absolute Gasteiger partial charge is 0.478 e. The Morgan fingerprint density at radius 2 is 2.07 bits per heavy atom. The van der Waals surface area contributed by atoms with Gasteiger partial charge in [0.1, 0.15) is 6.10 Å². The molecule has 0 radical (unpaired) electrons. The fraction of sp³-hybridized carbons (Fsp3) is 0.316. The second-order valence-electron chi connectivity index (χ2n) is 6.74. The van der Waals surface area contributed by atoms with Crippen molar-refractivity contribution < 1.29 is 15.0 Å². The summed E-state index contributed by atoms with van der Waals surface area (Å²) in [6, 6.07) is 10.8. The number of aliphatic hydroxyl groups is 1. The second-order valence-corrected chi connectivity index (χ2v) is 6.74. The summed E-state index contributed by atoms with van der Waals surface area (Å²) in [5.41, 5.74) is 3.43. The van der Waals surface area contributed by atoms with Crippen molar-refractivity contribution in [2.45, 2.75) is 25.7 Å². The van der Waals surface area contributed by atoms with Crippen LogP contribution < -0.4 is 0 Å². The average Bonchev–Trinajstić information content (AvgIpc) is 3.27.